The monoisotopic (exact) mass is 302 g/mol. The molecule has 2 aliphatic rings. The van der Waals surface area contributed by atoms with Gasteiger partial charge in [-0.05, 0) is 75.7 Å². The van der Waals surface area contributed by atoms with Crippen molar-refractivity contribution in [3.63, 3.8) is 0 Å². The summed E-state index contributed by atoms with van der Waals surface area (Å²) in [5, 5.41) is 3.75. The lowest BCUT2D eigenvalue weighted by molar-refractivity contribution is 0.309. The number of aryl methyl sites for hydroxylation is 1. The minimum atomic E-state index is 0.595. The highest BCUT2D eigenvalue weighted by Crippen LogP contribution is 2.31. The van der Waals surface area contributed by atoms with Crippen LogP contribution in [0.4, 0.5) is 0 Å². The van der Waals surface area contributed by atoms with Gasteiger partial charge >= 0.3 is 0 Å². The Morgan fingerprint density at radius 3 is 2.68 bits per heavy atom. The van der Waals surface area contributed by atoms with E-state index < -0.39 is 0 Å². The summed E-state index contributed by atoms with van der Waals surface area (Å²) in [5.74, 6) is 1.81. The van der Waals surface area contributed by atoms with Crippen molar-refractivity contribution in [3.8, 4) is 5.75 Å². The normalized spacial score (nSPS) is 23.6. The van der Waals surface area contributed by atoms with Crippen molar-refractivity contribution in [2.75, 3.05) is 26.7 Å². The summed E-state index contributed by atoms with van der Waals surface area (Å²) in [6, 6.07) is 10.00. The van der Waals surface area contributed by atoms with E-state index in [2.05, 4.69) is 41.4 Å². The minimum absolute atomic E-state index is 0.595. The molecular formula is C19H30N2O. The number of hydrogen-bond donors (Lipinski definition) is 1. The van der Waals surface area contributed by atoms with Gasteiger partial charge in [-0.1, -0.05) is 12.1 Å². The van der Waals surface area contributed by atoms with E-state index in [-0.39, 0.29) is 0 Å². The zero-order valence-electron chi connectivity index (χ0n) is 14.1. The maximum absolute atomic E-state index is 5.20. The number of rotatable bonds is 8. The molecule has 1 aliphatic heterocycles. The molecule has 3 rings (SSSR count). The minimum Gasteiger partial charge on any atom is -0.497 e. The van der Waals surface area contributed by atoms with E-state index in [0.29, 0.717) is 6.04 Å². The van der Waals surface area contributed by atoms with Gasteiger partial charge in [-0.2, -0.15) is 0 Å². The van der Waals surface area contributed by atoms with Crippen LogP contribution in [0.1, 0.15) is 38.2 Å². The first-order valence-corrected chi connectivity index (χ1v) is 8.85. The average Bonchev–Trinajstić information content (AvgIpc) is 3.30. The van der Waals surface area contributed by atoms with Crippen LogP contribution >= 0.6 is 0 Å². The fraction of sp³-hybridized carbons (Fsp3) is 0.684. The number of nitrogens with one attached hydrogen (secondary N) is 1. The van der Waals surface area contributed by atoms with E-state index in [1.165, 1.54) is 50.9 Å². The summed E-state index contributed by atoms with van der Waals surface area (Å²) in [7, 11) is 1.72. The number of likely N-dealkylation sites (tertiary alicyclic amines) is 1. The average molecular weight is 302 g/mol. The van der Waals surface area contributed by atoms with Crippen molar-refractivity contribution < 1.29 is 4.74 Å². The van der Waals surface area contributed by atoms with Gasteiger partial charge in [0, 0.05) is 18.6 Å². The van der Waals surface area contributed by atoms with Crippen molar-refractivity contribution >= 4 is 0 Å². The van der Waals surface area contributed by atoms with Gasteiger partial charge in [-0.3, -0.25) is 0 Å². The van der Waals surface area contributed by atoms with E-state index >= 15 is 0 Å². The maximum Gasteiger partial charge on any atom is 0.118 e. The molecule has 0 bridgehead atoms. The number of ether oxygens (including phenoxy) is 1. The van der Waals surface area contributed by atoms with E-state index in [1.807, 2.05) is 0 Å². The van der Waals surface area contributed by atoms with Gasteiger partial charge in [0.25, 0.3) is 0 Å². The summed E-state index contributed by atoms with van der Waals surface area (Å²) < 4.78 is 5.20. The predicted octanol–water partition coefficient (Wildman–Crippen LogP) is 3.09. The largest absolute Gasteiger partial charge is 0.497 e. The van der Waals surface area contributed by atoms with E-state index in [1.54, 1.807) is 7.11 Å². The molecule has 1 aliphatic carbocycles. The molecule has 1 aromatic carbocycles. The van der Waals surface area contributed by atoms with Crippen molar-refractivity contribution in [1.29, 1.82) is 0 Å². The topological polar surface area (TPSA) is 24.5 Å². The van der Waals surface area contributed by atoms with Crippen LogP contribution in [-0.4, -0.2) is 43.7 Å². The van der Waals surface area contributed by atoms with Crippen molar-refractivity contribution in [3.05, 3.63) is 29.8 Å². The highest BCUT2D eigenvalue weighted by Gasteiger charge is 2.34. The molecule has 0 spiro atoms. The molecule has 22 heavy (non-hydrogen) atoms. The predicted molar refractivity (Wildman–Crippen MR) is 91.5 cm³/mol. The summed E-state index contributed by atoms with van der Waals surface area (Å²) >= 11 is 0. The number of methoxy groups -OCH3 is 1. The van der Waals surface area contributed by atoms with Crippen LogP contribution in [0.2, 0.25) is 0 Å². The lowest BCUT2D eigenvalue weighted by atomic mass is 10.0. The standard InChI is InChI=1S/C19H30N2O/c1-15(3-4-16-5-9-19(22-2)10-6-16)20-13-17-11-12-21(14-17)18-7-8-18/h5-6,9-10,15,17-18,20H,3-4,7-8,11-14H2,1-2H3. The smallest absolute Gasteiger partial charge is 0.118 e. The van der Waals surface area contributed by atoms with Gasteiger partial charge in [0.2, 0.25) is 0 Å². The molecular weight excluding hydrogens is 272 g/mol. The second-order valence-corrected chi connectivity index (χ2v) is 7.08. The fourth-order valence-corrected chi connectivity index (χ4v) is 3.45. The Hall–Kier alpha value is -1.06. The Bertz CT molecular complexity index is 455. The molecule has 1 heterocycles. The molecule has 1 saturated carbocycles. The summed E-state index contributed by atoms with van der Waals surface area (Å²) in [6.07, 6.45) is 6.61. The van der Waals surface area contributed by atoms with Gasteiger partial charge in [-0.25, -0.2) is 0 Å². The fourth-order valence-electron chi connectivity index (χ4n) is 3.45. The lowest BCUT2D eigenvalue weighted by Crippen LogP contribution is -2.33. The van der Waals surface area contributed by atoms with Crippen LogP contribution in [-0.2, 0) is 6.42 Å². The molecule has 1 aromatic rings. The third-order valence-electron chi connectivity index (χ3n) is 5.16. The molecule has 2 atom stereocenters. The first kappa shape index (κ1) is 15.8. The zero-order chi connectivity index (χ0) is 15.4. The molecule has 1 saturated heterocycles. The van der Waals surface area contributed by atoms with Gasteiger partial charge < -0.3 is 15.0 Å². The van der Waals surface area contributed by atoms with Crippen molar-refractivity contribution in [2.24, 2.45) is 5.92 Å². The summed E-state index contributed by atoms with van der Waals surface area (Å²) in [6.45, 7) is 6.16. The second-order valence-electron chi connectivity index (χ2n) is 7.08. The second kappa shape index (κ2) is 7.47. The number of benzene rings is 1. The molecule has 122 valence electrons. The first-order valence-electron chi connectivity index (χ1n) is 8.85. The van der Waals surface area contributed by atoms with E-state index in [0.717, 1.165) is 24.1 Å². The van der Waals surface area contributed by atoms with Crippen LogP contribution < -0.4 is 10.1 Å². The van der Waals surface area contributed by atoms with E-state index in [4.69, 9.17) is 4.74 Å². The SMILES string of the molecule is COc1ccc(CCC(C)NCC2CCN(C3CC3)C2)cc1. The van der Waals surface area contributed by atoms with Crippen molar-refractivity contribution in [2.45, 2.75) is 51.1 Å². The molecule has 1 N–H and O–H groups in total. The Balaban J connectivity index is 1.32. The highest BCUT2D eigenvalue weighted by molar-refractivity contribution is 5.27. The van der Waals surface area contributed by atoms with Gasteiger partial charge in [-0.15, -0.1) is 0 Å². The van der Waals surface area contributed by atoms with Crippen LogP contribution in [0, 0.1) is 5.92 Å². The summed E-state index contributed by atoms with van der Waals surface area (Å²) in [4.78, 5) is 2.70. The third-order valence-corrected chi connectivity index (χ3v) is 5.16. The van der Waals surface area contributed by atoms with Gasteiger partial charge in [0.15, 0.2) is 0 Å². The van der Waals surface area contributed by atoms with Crippen LogP contribution in [0.3, 0.4) is 0 Å². The third kappa shape index (κ3) is 4.47. The Morgan fingerprint density at radius 2 is 2.00 bits per heavy atom. The van der Waals surface area contributed by atoms with Crippen molar-refractivity contribution in [1.82, 2.24) is 10.2 Å². The van der Waals surface area contributed by atoms with Crippen LogP contribution in [0.5, 0.6) is 5.75 Å². The summed E-state index contributed by atoms with van der Waals surface area (Å²) in [5.41, 5.74) is 1.40. The number of hydrogen-bond acceptors (Lipinski definition) is 3. The lowest BCUT2D eigenvalue weighted by Gasteiger charge is -2.18. The molecule has 2 fully saturated rings. The molecule has 3 heteroatoms. The van der Waals surface area contributed by atoms with Crippen LogP contribution in [0.15, 0.2) is 24.3 Å². The van der Waals surface area contributed by atoms with E-state index in [9.17, 15) is 0 Å². The first-order chi connectivity index (χ1) is 10.7. The molecule has 0 aromatic heterocycles. The van der Waals surface area contributed by atoms with Crippen LogP contribution in [0.25, 0.3) is 0 Å². The Morgan fingerprint density at radius 1 is 1.23 bits per heavy atom. The molecule has 3 nitrogen and oxygen atoms in total. The Labute approximate surface area is 135 Å². The van der Waals surface area contributed by atoms with Gasteiger partial charge in [0.1, 0.15) is 5.75 Å². The molecule has 2 unspecified atom stereocenters. The zero-order valence-corrected chi connectivity index (χ0v) is 14.1. The quantitative estimate of drug-likeness (QED) is 0.798. The molecule has 0 radical (unpaired) electrons. The van der Waals surface area contributed by atoms with Gasteiger partial charge in [0.05, 0.1) is 7.11 Å². The highest BCUT2D eigenvalue weighted by atomic mass is 16.5. The maximum atomic E-state index is 5.20. The number of nitrogens with zero attached hydrogens (tertiary/aromatic N) is 1. The molecule has 0 amide bonds. The Kier molecular flexibility index (Phi) is 5.37.